The summed E-state index contributed by atoms with van der Waals surface area (Å²) in [5.41, 5.74) is 2.40. The number of hydrogen-bond acceptors (Lipinski definition) is 7. The van der Waals surface area contributed by atoms with E-state index in [2.05, 4.69) is 110 Å². The number of esters is 1. The van der Waals surface area contributed by atoms with Gasteiger partial charge in [0.15, 0.2) is 16.6 Å². The van der Waals surface area contributed by atoms with Gasteiger partial charge in [-0.15, -0.1) is 0 Å². The van der Waals surface area contributed by atoms with Gasteiger partial charge in [-0.05, 0) is 97.4 Å². The van der Waals surface area contributed by atoms with Gasteiger partial charge >= 0.3 is 5.97 Å². The molecular formula is C41H69FO7Si2. The highest BCUT2D eigenvalue weighted by Crippen LogP contribution is 2.46. The van der Waals surface area contributed by atoms with Gasteiger partial charge in [0.2, 0.25) is 0 Å². The van der Waals surface area contributed by atoms with Crippen LogP contribution in [0, 0.1) is 17.3 Å². The molecule has 1 aromatic rings. The Morgan fingerprint density at radius 3 is 2.02 bits per heavy atom. The number of benzene rings is 1. The van der Waals surface area contributed by atoms with E-state index in [9.17, 15) is 20.1 Å². The lowest BCUT2D eigenvalue weighted by molar-refractivity contribution is -0.151. The monoisotopic (exact) mass is 748 g/mol. The van der Waals surface area contributed by atoms with Crippen molar-refractivity contribution in [2.45, 2.75) is 148 Å². The Kier molecular flexibility index (Phi) is 15.5. The maximum atomic E-state index is 16.2. The number of ether oxygens (including phenoxy) is 1. The lowest BCUT2D eigenvalue weighted by Gasteiger charge is -2.41. The van der Waals surface area contributed by atoms with Gasteiger partial charge in [-0.25, -0.2) is 4.39 Å². The molecule has 0 radical (unpaired) electrons. The molecule has 0 spiro atoms. The Morgan fingerprint density at radius 2 is 1.49 bits per heavy atom. The number of halogens is 1. The highest BCUT2D eigenvalue weighted by atomic mass is 28.4. The fourth-order valence-electron chi connectivity index (χ4n) is 6.52. The Balaban J connectivity index is 1.77. The van der Waals surface area contributed by atoms with E-state index >= 15 is 4.39 Å². The van der Waals surface area contributed by atoms with E-state index in [0.29, 0.717) is 38.0 Å². The summed E-state index contributed by atoms with van der Waals surface area (Å²) in [6, 6.07) is 8.70. The summed E-state index contributed by atoms with van der Waals surface area (Å²) in [6.07, 6.45) is 10.1. The highest BCUT2D eigenvalue weighted by Gasteiger charge is 2.46. The molecule has 0 heterocycles. The summed E-state index contributed by atoms with van der Waals surface area (Å²) in [5.74, 6) is -0.162. The maximum absolute atomic E-state index is 16.2. The second-order valence-electron chi connectivity index (χ2n) is 18.3. The number of alkyl halides is 1. The normalized spacial score (nSPS) is 22.2. The summed E-state index contributed by atoms with van der Waals surface area (Å²) in [7, 11) is -4.26. The van der Waals surface area contributed by atoms with Crippen molar-refractivity contribution in [3.8, 4) is 0 Å². The number of carbonyl (C=O) groups excluding carboxylic acids is 1. The third-order valence-corrected chi connectivity index (χ3v) is 21.2. The summed E-state index contributed by atoms with van der Waals surface area (Å²) < 4.78 is 35.5. The molecular weight excluding hydrogens is 680 g/mol. The first-order valence-corrected chi connectivity index (χ1v) is 24.9. The number of hydrogen-bond donors (Lipinski definition) is 3. The van der Waals surface area contributed by atoms with Crippen molar-refractivity contribution in [2.75, 3.05) is 26.4 Å². The van der Waals surface area contributed by atoms with E-state index in [1.54, 1.807) is 0 Å². The molecule has 3 N–H and O–H groups in total. The van der Waals surface area contributed by atoms with E-state index in [1.165, 1.54) is 11.1 Å². The standard InChI is InChI=1S/C41H69FO7Si2/c1-39(2,3)50(7,8)48-36(32-23-30-17-15-16-18-31(30)24-32)22-21-33-34(37(25-35(33)42)49-51(9,10)40(4,5)6)19-13-11-12-14-20-38(46)47-29-41(26-43,27-44)28-45/h11,13,15-18,21,32,34-37,43-45H,12,14,19-20,22-29H2,1-10H3/b13-11-,33-21+/t34-,35+,36-,37+/m1/s1. The third-order valence-electron chi connectivity index (χ3n) is 12.2. The smallest absolute Gasteiger partial charge is 0.305 e. The number of fused-ring (bicyclic) bond motifs is 1. The number of rotatable bonds is 18. The molecule has 0 amide bonds. The van der Waals surface area contributed by atoms with Gasteiger partial charge in [0.25, 0.3) is 0 Å². The molecule has 0 saturated heterocycles. The average molecular weight is 749 g/mol. The average Bonchev–Trinajstić information content (AvgIpc) is 3.60. The molecule has 0 bridgehead atoms. The van der Waals surface area contributed by atoms with E-state index in [-0.39, 0.29) is 41.2 Å². The summed E-state index contributed by atoms with van der Waals surface area (Å²) >= 11 is 0. The molecule has 0 aliphatic heterocycles. The molecule has 10 heteroatoms. The largest absolute Gasteiger partial charge is 0.465 e. The molecule has 2 aliphatic rings. The first kappa shape index (κ1) is 43.7. The first-order chi connectivity index (χ1) is 23.7. The Labute approximate surface area is 310 Å². The van der Waals surface area contributed by atoms with Gasteiger partial charge in [0.1, 0.15) is 12.8 Å². The fourth-order valence-corrected chi connectivity index (χ4v) is 9.29. The van der Waals surface area contributed by atoms with Crippen molar-refractivity contribution in [3.05, 3.63) is 59.2 Å². The molecule has 1 aromatic carbocycles. The van der Waals surface area contributed by atoms with Crippen LogP contribution in [0.5, 0.6) is 0 Å². The van der Waals surface area contributed by atoms with Crippen LogP contribution >= 0.6 is 0 Å². The van der Waals surface area contributed by atoms with Crippen LogP contribution in [0.3, 0.4) is 0 Å². The van der Waals surface area contributed by atoms with Crippen LogP contribution in [0.25, 0.3) is 0 Å². The van der Waals surface area contributed by atoms with Gasteiger partial charge in [0.05, 0.1) is 37.4 Å². The lowest BCUT2D eigenvalue weighted by atomic mass is 9.92. The van der Waals surface area contributed by atoms with Crippen molar-refractivity contribution >= 4 is 22.6 Å². The van der Waals surface area contributed by atoms with Gasteiger partial charge in [-0.3, -0.25) is 4.79 Å². The topological polar surface area (TPSA) is 105 Å². The van der Waals surface area contributed by atoms with Crippen LogP contribution in [0.2, 0.25) is 36.3 Å². The summed E-state index contributed by atoms with van der Waals surface area (Å²) in [4.78, 5) is 12.3. The lowest BCUT2D eigenvalue weighted by Crippen LogP contribution is -2.46. The fraction of sp³-hybridized carbons (Fsp3) is 0.732. The Morgan fingerprint density at radius 1 is 0.922 bits per heavy atom. The van der Waals surface area contributed by atoms with E-state index < -0.39 is 54.0 Å². The van der Waals surface area contributed by atoms with Gasteiger partial charge in [-0.2, -0.15) is 0 Å². The van der Waals surface area contributed by atoms with Crippen molar-refractivity contribution in [1.29, 1.82) is 0 Å². The first-order valence-electron chi connectivity index (χ1n) is 19.1. The quantitative estimate of drug-likeness (QED) is 0.0599. The number of aliphatic hydroxyl groups is 3. The van der Waals surface area contributed by atoms with Crippen LogP contribution < -0.4 is 0 Å². The molecule has 3 rings (SSSR count). The molecule has 2 aliphatic carbocycles. The van der Waals surface area contributed by atoms with Crippen LogP contribution in [-0.2, 0) is 31.2 Å². The van der Waals surface area contributed by atoms with E-state index in [0.717, 1.165) is 18.4 Å². The predicted molar refractivity (Wildman–Crippen MR) is 209 cm³/mol. The minimum Gasteiger partial charge on any atom is -0.465 e. The zero-order valence-corrected chi connectivity index (χ0v) is 35.3. The summed E-state index contributed by atoms with van der Waals surface area (Å²) in [6.45, 7) is 20.9. The van der Waals surface area contributed by atoms with Crippen LogP contribution in [0.1, 0.15) is 91.2 Å². The second kappa shape index (κ2) is 18.1. The Bertz CT molecular complexity index is 1290. The van der Waals surface area contributed by atoms with Gasteiger partial charge in [-0.1, -0.05) is 84.0 Å². The minimum atomic E-state index is -2.16. The molecule has 290 valence electrons. The number of aliphatic hydroxyl groups excluding tert-OH is 3. The van der Waals surface area contributed by atoms with Crippen molar-refractivity contribution in [1.82, 2.24) is 0 Å². The van der Waals surface area contributed by atoms with Gasteiger partial charge < -0.3 is 28.9 Å². The molecule has 1 saturated carbocycles. The van der Waals surface area contributed by atoms with E-state index in [1.807, 2.05) is 0 Å². The predicted octanol–water partition coefficient (Wildman–Crippen LogP) is 8.48. The molecule has 0 aromatic heterocycles. The van der Waals surface area contributed by atoms with Crippen LogP contribution in [-0.4, -0.2) is 82.7 Å². The number of allylic oxidation sites excluding steroid dienone is 2. The Hall–Kier alpha value is -1.67. The van der Waals surface area contributed by atoms with Crippen LogP contribution in [0.15, 0.2) is 48.1 Å². The SMILES string of the molecule is CC(C)(C)[Si](C)(C)O[C@H]1C[C@H](F)/C(=C/C[C@@H](O[Si](C)(C)C(C)(C)C)C2Cc3ccccc3C2)[C@H]1C/C=C\CCCC(=O)OCC(CO)(CO)CO. The molecule has 51 heavy (non-hydrogen) atoms. The number of unbranched alkanes of at least 4 members (excludes halogenated alkanes) is 1. The zero-order valence-electron chi connectivity index (χ0n) is 33.3. The highest BCUT2D eigenvalue weighted by molar-refractivity contribution is 6.74. The second-order valence-corrected chi connectivity index (χ2v) is 27.8. The maximum Gasteiger partial charge on any atom is 0.305 e. The minimum absolute atomic E-state index is 0.00501. The van der Waals surface area contributed by atoms with Crippen molar-refractivity contribution in [2.24, 2.45) is 17.3 Å². The van der Waals surface area contributed by atoms with Gasteiger partial charge in [0, 0.05) is 18.8 Å². The van der Waals surface area contributed by atoms with Crippen LogP contribution in [0.4, 0.5) is 4.39 Å². The summed E-state index contributed by atoms with van der Waals surface area (Å²) in [5, 5.41) is 28.5. The molecule has 1 fully saturated rings. The van der Waals surface area contributed by atoms with Crippen molar-refractivity contribution < 1.29 is 38.1 Å². The zero-order chi connectivity index (χ0) is 38.3. The molecule has 7 nitrogen and oxygen atoms in total. The third kappa shape index (κ3) is 11.7. The molecule has 4 atom stereocenters. The van der Waals surface area contributed by atoms with E-state index in [4.69, 9.17) is 13.6 Å². The number of carbonyl (C=O) groups is 1. The van der Waals surface area contributed by atoms with Crippen molar-refractivity contribution in [3.63, 3.8) is 0 Å². The molecule has 0 unspecified atom stereocenters.